The normalized spacial score (nSPS) is 20.7. The summed E-state index contributed by atoms with van der Waals surface area (Å²) in [5.74, 6) is 0.00828. The van der Waals surface area contributed by atoms with Gasteiger partial charge in [0.15, 0.2) is 0 Å². The maximum absolute atomic E-state index is 11.9. The molecule has 3 nitrogen and oxygen atoms in total. The molecule has 0 spiro atoms. The first-order chi connectivity index (χ1) is 8.70. The lowest BCUT2D eigenvalue weighted by Crippen LogP contribution is -2.35. The van der Waals surface area contributed by atoms with Gasteiger partial charge in [-0.05, 0) is 43.7 Å². The number of hydrogen-bond acceptors (Lipinski definition) is 3. The number of hydrogen-bond donors (Lipinski definition) is 1. The first-order valence-electron chi connectivity index (χ1n) is 6.26. The fraction of sp³-hybridized carbons (Fsp3) is 0.500. The molecule has 1 heterocycles. The van der Waals surface area contributed by atoms with Gasteiger partial charge in [0.25, 0.3) is 0 Å². The third kappa shape index (κ3) is 3.27. The second-order valence-corrected chi connectivity index (χ2v) is 5.38. The average molecular weight is 265 g/mol. The van der Waals surface area contributed by atoms with Crippen molar-refractivity contribution in [2.24, 2.45) is 0 Å². The van der Waals surface area contributed by atoms with Gasteiger partial charge in [-0.15, -0.1) is 11.8 Å². The summed E-state index contributed by atoms with van der Waals surface area (Å²) in [4.78, 5) is 13.1. The number of amides is 1. The molecule has 1 aromatic carbocycles. The first kappa shape index (κ1) is 13.4. The van der Waals surface area contributed by atoms with Crippen molar-refractivity contribution in [3.05, 3.63) is 29.8 Å². The van der Waals surface area contributed by atoms with Crippen LogP contribution in [0.1, 0.15) is 31.4 Å². The van der Waals surface area contributed by atoms with E-state index in [1.54, 1.807) is 11.8 Å². The zero-order chi connectivity index (χ0) is 13.0. The monoisotopic (exact) mass is 265 g/mol. The van der Waals surface area contributed by atoms with E-state index < -0.39 is 0 Å². The molecule has 1 amide bonds. The molecule has 0 aromatic heterocycles. The topological polar surface area (TPSA) is 38.3 Å². The highest BCUT2D eigenvalue weighted by molar-refractivity contribution is 7.98. The Labute approximate surface area is 112 Å². The largest absolute Gasteiger partial charge is 0.368 e. The minimum Gasteiger partial charge on any atom is -0.368 e. The summed E-state index contributed by atoms with van der Waals surface area (Å²) in [6.45, 7) is 2.70. The van der Waals surface area contributed by atoms with E-state index in [0.717, 1.165) is 18.4 Å². The Balaban J connectivity index is 1.93. The highest BCUT2D eigenvalue weighted by Crippen LogP contribution is 2.20. The molecular weight excluding hydrogens is 246 g/mol. The summed E-state index contributed by atoms with van der Waals surface area (Å²) in [5.41, 5.74) is 1.12. The Morgan fingerprint density at radius 2 is 2.17 bits per heavy atom. The van der Waals surface area contributed by atoms with Crippen molar-refractivity contribution < 1.29 is 9.53 Å². The van der Waals surface area contributed by atoms with Crippen molar-refractivity contribution in [1.29, 1.82) is 0 Å². The number of thioether (sulfide) groups is 1. The lowest BCUT2D eigenvalue weighted by atomic mass is 10.1. The van der Waals surface area contributed by atoms with E-state index >= 15 is 0 Å². The van der Waals surface area contributed by atoms with Gasteiger partial charge in [0.2, 0.25) is 5.91 Å². The van der Waals surface area contributed by atoms with E-state index in [-0.39, 0.29) is 18.1 Å². The third-order valence-electron chi connectivity index (χ3n) is 3.20. The third-order valence-corrected chi connectivity index (χ3v) is 3.94. The van der Waals surface area contributed by atoms with E-state index in [2.05, 4.69) is 35.8 Å². The van der Waals surface area contributed by atoms with Gasteiger partial charge in [-0.2, -0.15) is 0 Å². The molecule has 0 unspecified atom stereocenters. The second-order valence-electron chi connectivity index (χ2n) is 4.51. The molecule has 2 rings (SSSR count). The minimum absolute atomic E-state index is 0.00828. The minimum atomic E-state index is -0.252. The Morgan fingerprint density at radius 3 is 2.72 bits per heavy atom. The molecule has 1 aliphatic heterocycles. The van der Waals surface area contributed by atoms with Gasteiger partial charge >= 0.3 is 0 Å². The van der Waals surface area contributed by atoms with Gasteiger partial charge < -0.3 is 10.1 Å². The van der Waals surface area contributed by atoms with Crippen molar-refractivity contribution in [2.45, 2.75) is 36.8 Å². The van der Waals surface area contributed by atoms with Gasteiger partial charge in [0.05, 0.1) is 6.04 Å². The van der Waals surface area contributed by atoms with Crippen LogP contribution in [0.2, 0.25) is 0 Å². The molecule has 1 aromatic rings. The molecule has 1 saturated heterocycles. The van der Waals surface area contributed by atoms with E-state index in [4.69, 9.17) is 4.74 Å². The van der Waals surface area contributed by atoms with Crippen LogP contribution in [0.4, 0.5) is 0 Å². The molecular formula is C14H19NO2S. The Morgan fingerprint density at radius 1 is 1.44 bits per heavy atom. The molecule has 0 bridgehead atoms. The van der Waals surface area contributed by atoms with Crippen molar-refractivity contribution in [1.82, 2.24) is 5.32 Å². The molecule has 1 N–H and O–H groups in total. The van der Waals surface area contributed by atoms with Gasteiger partial charge in [-0.25, -0.2) is 0 Å². The highest BCUT2D eigenvalue weighted by Gasteiger charge is 2.24. The van der Waals surface area contributed by atoms with Gasteiger partial charge in [-0.3, -0.25) is 4.79 Å². The van der Waals surface area contributed by atoms with Crippen LogP contribution in [0.25, 0.3) is 0 Å². The number of nitrogens with one attached hydrogen (secondary N) is 1. The number of ether oxygens (including phenoxy) is 1. The van der Waals surface area contributed by atoms with Crippen LogP contribution in [0.3, 0.4) is 0 Å². The standard InChI is InChI=1S/C14H19NO2S/c1-10(11-5-7-12(18-2)8-6-11)15-14(16)13-4-3-9-17-13/h5-8,10,13H,3-4,9H2,1-2H3,(H,15,16)/t10-,13+/m0/s1. The molecule has 4 heteroatoms. The van der Waals surface area contributed by atoms with Gasteiger partial charge in [0.1, 0.15) is 6.10 Å². The summed E-state index contributed by atoms with van der Waals surface area (Å²) in [5, 5.41) is 3.00. The van der Waals surface area contributed by atoms with Crippen molar-refractivity contribution >= 4 is 17.7 Å². The lowest BCUT2D eigenvalue weighted by molar-refractivity contribution is -0.130. The number of carbonyl (C=O) groups is 1. The Hall–Kier alpha value is -1.00. The van der Waals surface area contributed by atoms with Crippen LogP contribution in [-0.2, 0) is 9.53 Å². The molecule has 0 radical (unpaired) electrons. The van der Waals surface area contributed by atoms with Crippen LogP contribution < -0.4 is 5.32 Å². The molecule has 18 heavy (non-hydrogen) atoms. The second kappa shape index (κ2) is 6.25. The first-order valence-corrected chi connectivity index (χ1v) is 7.49. The fourth-order valence-corrected chi connectivity index (χ4v) is 2.47. The molecule has 2 atom stereocenters. The number of carbonyl (C=O) groups excluding carboxylic acids is 1. The smallest absolute Gasteiger partial charge is 0.249 e. The quantitative estimate of drug-likeness (QED) is 0.851. The zero-order valence-electron chi connectivity index (χ0n) is 10.8. The number of rotatable bonds is 4. The summed E-state index contributed by atoms with van der Waals surface area (Å²) >= 11 is 1.72. The van der Waals surface area contributed by atoms with Crippen LogP contribution in [-0.4, -0.2) is 24.9 Å². The highest BCUT2D eigenvalue weighted by atomic mass is 32.2. The average Bonchev–Trinajstić information content (AvgIpc) is 2.92. The van der Waals surface area contributed by atoms with Crippen LogP contribution in [0, 0.1) is 0 Å². The predicted molar refractivity (Wildman–Crippen MR) is 73.8 cm³/mol. The molecule has 1 aliphatic rings. The van der Waals surface area contributed by atoms with Crippen molar-refractivity contribution in [2.75, 3.05) is 12.9 Å². The molecule has 1 fully saturated rings. The van der Waals surface area contributed by atoms with Crippen LogP contribution in [0.5, 0.6) is 0 Å². The van der Waals surface area contributed by atoms with E-state index in [1.165, 1.54) is 4.90 Å². The lowest BCUT2D eigenvalue weighted by Gasteiger charge is -2.17. The summed E-state index contributed by atoms with van der Waals surface area (Å²) in [7, 11) is 0. The molecule has 98 valence electrons. The fourth-order valence-electron chi connectivity index (χ4n) is 2.07. The van der Waals surface area contributed by atoms with Crippen LogP contribution in [0.15, 0.2) is 29.2 Å². The maximum atomic E-state index is 11.9. The number of benzene rings is 1. The molecule has 0 saturated carbocycles. The summed E-state index contributed by atoms with van der Waals surface area (Å²) in [6, 6.07) is 8.31. The van der Waals surface area contributed by atoms with Gasteiger partial charge in [0, 0.05) is 11.5 Å². The Bertz CT molecular complexity index is 399. The van der Waals surface area contributed by atoms with Crippen LogP contribution >= 0.6 is 11.8 Å². The Kier molecular flexibility index (Phi) is 4.66. The maximum Gasteiger partial charge on any atom is 0.249 e. The van der Waals surface area contributed by atoms with E-state index in [9.17, 15) is 4.79 Å². The van der Waals surface area contributed by atoms with Crippen molar-refractivity contribution in [3.8, 4) is 0 Å². The summed E-state index contributed by atoms with van der Waals surface area (Å²) in [6.07, 6.45) is 3.62. The molecule has 0 aliphatic carbocycles. The van der Waals surface area contributed by atoms with E-state index in [1.807, 2.05) is 6.92 Å². The van der Waals surface area contributed by atoms with Crippen molar-refractivity contribution in [3.63, 3.8) is 0 Å². The van der Waals surface area contributed by atoms with E-state index in [0.29, 0.717) is 6.61 Å². The predicted octanol–water partition coefficient (Wildman–Crippen LogP) is 2.76. The zero-order valence-corrected chi connectivity index (χ0v) is 11.6. The summed E-state index contributed by atoms with van der Waals surface area (Å²) < 4.78 is 5.37. The SMILES string of the molecule is CSc1ccc([C@H](C)NC(=O)[C@H]2CCCO2)cc1. The van der Waals surface area contributed by atoms with Gasteiger partial charge in [-0.1, -0.05) is 12.1 Å².